The number of nitrogens with one attached hydrogen (secondary N) is 1. The summed E-state index contributed by atoms with van der Waals surface area (Å²) in [4.78, 5) is 9.72. The van der Waals surface area contributed by atoms with Gasteiger partial charge >= 0.3 is 0 Å². The number of nitrogens with two attached hydrogens (primary N) is 1. The zero-order valence-electron chi connectivity index (χ0n) is 27.6. The molecule has 0 aliphatic heterocycles. The number of hydrogen-bond donors (Lipinski definition) is 2. The van der Waals surface area contributed by atoms with Crippen LogP contribution in [0.5, 0.6) is 0 Å². The Labute approximate surface area is 293 Å². The molecule has 0 fully saturated rings. The lowest BCUT2D eigenvalue weighted by atomic mass is 9.90. The van der Waals surface area contributed by atoms with Crippen molar-refractivity contribution >= 4 is 33.7 Å². The maximum Gasteiger partial charge on any atom is 0.157 e. The van der Waals surface area contributed by atoms with Gasteiger partial charge in [0.25, 0.3) is 0 Å². The second-order valence-corrected chi connectivity index (χ2v) is 12.0. The number of rotatable bonds is 9. The molecule has 0 radical (unpaired) electrons. The van der Waals surface area contributed by atoms with Crippen LogP contribution in [0.2, 0.25) is 0 Å². The van der Waals surface area contributed by atoms with Crippen molar-refractivity contribution in [3.8, 4) is 11.1 Å². The van der Waals surface area contributed by atoms with Crippen LogP contribution in [0.3, 0.4) is 0 Å². The average Bonchev–Trinajstić information content (AvgIpc) is 3.19. The quantitative estimate of drug-likeness (QED) is 0.119. The molecule has 4 nitrogen and oxygen atoms in total. The van der Waals surface area contributed by atoms with Crippen LogP contribution < -0.4 is 5.73 Å². The molecule has 0 unspecified atom stereocenters. The van der Waals surface area contributed by atoms with Crippen molar-refractivity contribution in [3.63, 3.8) is 0 Å². The van der Waals surface area contributed by atoms with Gasteiger partial charge in [-0.1, -0.05) is 170 Å². The molecule has 0 bridgehead atoms. The van der Waals surface area contributed by atoms with Gasteiger partial charge in [-0.05, 0) is 67.9 Å². The first-order valence-electron chi connectivity index (χ1n) is 16.7. The number of fused-ring (bicyclic) bond motifs is 1. The Balaban J connectivity index is 1.27. The molecule has 7 aromatic carbocycles. The van der Waals surface area contributed by atoms with Gasteiger partial charge < -0.3 is 11.1 Å². The number of aliphatic imine (C=N–C) groups is 2. The molecule has 240 valence electrons. The number of benzene rings is 7. The summed E-state index contributed by atoms with van der Waals surface area (Å²) in [6.45, 7) is 0.506. The first-order chi connectivity index (χ1) is 24.6. The van der Waals surface area contributed by atoms with E-state index >= 15 is 0 Å². The molecule has 0 aliphatic carbocycles. The fraction of sp³-hybridized carbons (Fsp3) is 0.0217. The Hall–Kier alpha value is -6.65. The third kappa shape index (κ3) is 7.40. The lowest BCUT2D eigenvalue weighted by molar-refractivity contribution is 1.06. The van der Waals surface area contributed by atoms with Crippen LogP contribution in [0.1, 0.15) is 33.4 Å². The van der Waals surface area contributed by atoms with Crippen molar-refractivity contribution in [1.82, 2.24) is 0 Å². The van der Waals surface area contributed by atoms with E-state index in [2.05, 4.69) is 72.8 Å². The topological polar surface area (TPSA) is 74.6 Å². The van der Waals surface area contributed by atoms with Crippen molar-refractivity contribution in [2.75, 3.05) is 0 Å². The third-order valence-corrected chi connectivity index (χ3v) is 8.63. The van der Waals surface area contributed by atoms with Crippen LogP contribution in [0.25, 0.3) is 27.5 Å². The Morgan fingerprint density at radius 1 is 0.540 bits per heavy atom. The van der Waals surface area contributed by atoms with Gasteiger partial charge in [0.2, 0.25) is 0 Å². The molecule has 0 aromatic heterocycles. The maximum atomic E-state index is 8.97. The lowest BCUT2D eigenvalue weighted by Gasteiger charge is -2.14. The number of nitrogens with zero attached hydrogens (tertiary/aromatic N) is 2. The molecular formula is C46H36N4. The molecule has 0 spiro atoms. The second kappa shape index (κ2) is 15.1. The summed E-state index contributed by atoms with van der Waals surface area (Å²) in [7, 11) is 0. The van der Waals surface area contributed by atoms with Crippen molar-refractivity contribution in [2.45, 2.75) is 6.54 Å². The van der Waals surface area contributed by atoms with Crippen molar-refractivity contribution in [2.24, 2.45) is 15.7 Å². The standard InChI is InChI=1S/C46H36N4/c47-44(36-19-9-3-10-20-36)31-43(34-17-7-2-8-18-34)41-26-14-23-35-27-28-39(30-42(35)41)38-24-13-25-40(29-38)45(48)50-46(37-21-11-4-12-22-37)49-32-33-15-5-1-6-16-33/h1-31,47H,32H2,(H2,48,49,50)/b43-31-,47-44?. The molecule has 7 aromatic rings. The molecule has 7 rings (SSSR count). The minimum Gasteiger partial charge on any atom is -0.383 e. The Morgan fingerprint density at radius 3 is 1.82 bits per heavy atom. The SMILES string of the molecule is N=C(/C=C(/c1ccccc1)c1cccc2ccc(-c3cccc(C(N)=NC(=NCc4ccccc4)c4ccccc4)c3)cc12)c1ccccc1. The van der Waals surface area contributed by atoms with Crippen LogP contribution in [0.15, 0.2) is 198 Å². The first-order valence-corrected chi connectivity index (χ1v) is 16.7. The normalized spacial score (nSPS) is 12.2. The van der Waals surface area contributed by atoms with Crippen molar-refractivity contribution < 1.29 is 0 Å². The summed E-state index contributed by atoms with van der Waals surface area (Å²) < 4.78 is 0. The van der Waals surface area contributed by atoms with E-state index in [1.165, 1.54) is 0 Å². The van der Waals surface area contributed by atoms with E-state index in [1.807, 2.05) is 115 Å². The minimum atomic E-state index is 0.401. The summed E-state index contributed by atoms with van der Waals surface area (Å²) in [5, 5.41) is 11.2. The average molecular weight is 645 g/mol. The molecule has 50 heavy (non-hydrogen) atoms. The Morgan fingerprint density at radius 2 is 1.12 bits per heavy atom. The van der Waals surface area contributed by atoms with Crippen LogP contribution in [0, 0.1) is 5.41 Å². The van der Waals surface area contributed by atoms with E-state index in [4.69, 9.17) is 21.1 Å². The van der Waals surface area contributed by atoms with Gasteiger partial charge in [-0.2, -0.15) is 0 Å². The van der Waals surface area contributed by atoms with Gasteiger partial charge in [0.15, 0.2) is 5.84 Å². The molecule has 3 N–H and O–H groups in total. The Bertz CT molecular complexity index is 2340. The summed E-state index contributed by atoms with van der Waals surface area (Å²) >= 11 is 0. The summed E-state index contributed by atoms with van der Waals surface area (Å²) in [6.07, 6.45) is 1.98. The van der Waals surface area contributed by atoms with Gasteiger partial charge in [0, 0.05) is 11.1 Å². The van der Waals surface area contributed by atoms with Crippen LogP contribution in [-0.2, 0) is 6.54 Å². The van der Waals surface area contributed by atoms with Crippen LogP contribution >= 0.6 is 0 Å². The van der Waals surface area contributed by atoms with Gasteiger partial charge in [-0.25, -0.2) is 4.99 Å². The molecular weight excluding hydrogens is 609 g/mol. The zero-order valence-corrected chi connectivity index (χ0v) is 27.6. The second-order valence-electron chi connectivity index (χ2n) is 12.0. The van der Waals surface area contributed by atoms with E-state index in [0.717, 1.165) is 60.9 Å². The van der Waals surface area contributed by atoms with Crippen molar-refractivity contribution in [1.29, 1.82) is 5.41 Å². The highest BCUT2D eigenvalue weighted by Crippen LogP contribution is 2.33. The van der Waals surface area contributed by atoms with E-state index < -0.39 is 0 Å². The largest absolute Gasteiger partial charge is 0.383 e. The lowest BCUT2D eigenvalue weighted by Crippen LogP contribution is -2.16. The van der Waals surface area contributed by atoms with Gasteiger partial charge in [-0.3, -0.25) is 4.99 Å². The van der Waals surface area contributed by atoms with Gasteiger partial charge in [0.05, 0.1) is 12.3 Å². The molecule has 0 aliphatic rings. The molecule has 0 atom stereocenters. The highest BCUT2D eigenvalue weighted by atomic mass is 15.0. The molecule has 4 heteroatoms. The van der Waals surface area contributed by atoms with Crippen molar-refractivity contribution in [3.05, 3.63) is 221 Å². The molecule has 0 heterocycles. The van der Waals surface area contributed by atoms with E-state index in [-0.39, 0.29) is 0 Å². The number of hydrogen-bond acceptors (Lipinski definition) is 2. The summed E-state index contributed by atoms with van der Waals surface area (Å²) in [5.74, 6) is 0.992. The zero-order chi connectivity index (χ0) is 34.1. The fourth-order valence-corrected chi connectivity index (χ4v) is 6.03. The third-order valence-electron chi connectivity index (χ3n) is 8.63. The molecule has 0 amide bonds. The summed E-state index contributed by atoms with van der Waals surface area (Å²) in [6, 6.07) is 61.4. The van der Waals surface area contributed by atoms with Gasteiger partial charge in [-0.15, -0.1) is 0 Å². The first kappa shape index (κ1) is 31.9. The number of allylic oxidation sites excluding steroid dienone is 1. The van der Waals surface area contributed by atoms with Crippen LogP contribution in [-0.4, -0.2) is 17.4 Å². The van der Waals surface area contributed by atoms with E-state index in [0.29, 0.717) is 23.9 Å². The smallest absolute Gasteiger partial charge is 0.157 e. The minimum absolute atomic E-state index is 0.401. The molecule has 0 saturated carbocycles. The predicted octanol–water partition coefficient (Wildman–Crippen LogP) is 10.4. The number of amidine groups is 2. The maximum absolute atomic E-state index is 8.97. The fourth-order valence-electron chi connectivity index (χ4n) is 6.03. The van der Waals surface area contributed by atoms with Crippen LogP contribution in [0.4, 0.5) is 0 Å². The predicted molar refractivity (Wildman–Crippen MR) is 210 cm³/mol. The highest BCUT2D eigenvalue weighted by Gasteiger charge is 2.13. The summed E-state index contributed by atoms with van der Waals surface area (Å²) in [5.41, 5.74) is 16.1. The Kier molecular flexibility index (Phi) is 9.61. The van der Waals surface area contributed by atoms with Gasteiger partial charge in [0.1, 0.15) is 5.84 Å². The highest BCUT2D eigenvalue weighted by molar-refractivity contribution is 6.14. The van der Waals surface area contributed by atoms with E-state index in [9.17, 15) is 0 Å². The molecule has 0 saturated heterocycles. The van der Waals surface area contributed by atoms with E-state index in [1.54, 1.807) is 0 Å². The monoisotopic (exact) mass is 644 g/mol.